The van der Waals surface area contributed by atoms with Gasteiger partial charge >= 0.3 is 0 Å². The van der Waals surface area contributed by atoms with E-state index >= 15 is 0 Å². The molecule has 4 nitrogen and oxygen atoms in total. The van der Waals surface area contributed by atoms with Crippen LogP contribution in [0.5, 0.6) is 0 Å². The van der Waals surface area contributed by atoms with E-state index in [2.05, 4.69) is 32.4 Å². The first-order valence-corrected chi connectivity index (χ1v) is 10.5. The number of hydrogen-bond acceptors (Lipinski definition) is 6. The van der Waals surface area contributed by atoms with E-state index in [0.717, 1.165) is 40.4 Å². The van der Waals surface area contributed by atoms with Crippen LogP contribution in [-0.2, 0) is 6.42 Å². The molecule has 1 saturated heterocycles. The smallest absolute Gasteiger partial charge is 0.208 e. The van der Waals surface area contributed by atoms with Crippen LogP contribution in [0.15, 0.2) is 29.6 Å². The molecule has 0 saturated carbocycles. The minimum atomic E-state index is 0.510. The average Bonchev–Trinajstić information content (AvgIpc) is 3.26. The summed E-state index contributed by atoms with van der Waals surface area (Å²) in [4.78, 5) is 7.05. The van der Waals surface area contributed by atoms with Gasteiger partial charge in [-0.15, -0.1) is 21.5 Å². The van der Waals surface area contributed by atoms with E-state index in [9.17, 15) is 0 Å². The second-order valence-electron chi connectivity index (χ2n) is 6.39. The molecule has 4 rings (SSSR count). The number of aryl methyl sites for hydroxylation is 1. The lowest BCUT2D eigenvalue weighted by Gasteiger charge is -2.31. The van der Waals surface area contributed by atoms with E-state index in [1.807, 2.05) is 24.3 Å². The quantitative estimate of drug-likeness (QED) is 0.633. The topological polar surface area (TPSA) is 41.9 Å². The number of hydrogen-bond donors (Lipinski definition) is 0. The molecule has 1 aliphatic rings. The van der Waals surface area contributed by atoms with Gasteiger partial charge in [-0.25, -0.2) is 4.98 Å². The summed E-state index contributed by atoms with van der Waals surface area (Å²) in [5, 5.41) is 15.1. The number of anilines is 1. The maximum atomic E-state index is 5.95. The monoisotopic (exact) mass is 390 g/mol. The second kappa shape index (κ2) is 7.40. The van der Waals surface area contributed by atoms with E-state index in [1.54, 1.807) is 22.7 Å². The van der Waals surface area contributed by atoms with Gasteiger partial charge in [0.1, 0.15) is 5.01 Å². The fourth-order valence-electron chi connectivity index (χ4n) is 3.13. The third-order valence-corrected chi connectivity index (χ3v) is 6.76. The van der Waals surface area contributed by atoms with Crippen LogP contribution >= 0.6 is 34.3 Å². The van der Waals surface area contributed by atoms with E-state index in [4.69, 9.17) is 11.6 Å². The number of piperidine rings is 1. The number of aromatic nitrogens is 3. The van der Waals surface area contributed by atoms with Gasteiger partial charge < -0.3 is 4.90 Å². The number of nitrogens with zero attached hydrogens (tertiary/aromatic N) is 4. The molecule has 0 aliphatic carbocycles. The van der Waals surface area contributed by atoms with E-state index in [1.165, 1.54) is 23.4 Å². The first-order chi connectivity index (χ1) is 12.2. The Labute approximate surface area is 160 Å². The standard InChI is InChI=1S/C18H19ClN4S2/c1-12-11-24-17(20-12)14-3-2-8-23(10-14)18-22-21-16(25-18)9-13-4-6-15(19)7-5-13/h4-7,11,14H,2-3,8-10H2,1H3. The van der Waals surface area contributed by atoms with Crippen LogP contribution in [0.25, 0.3) is 0 Å². The Morgan fingerprint density at radius 1 is 1.24 bits per heavy atom. The number of thiazole rings is 1. The number of halogens is 1. The molecule has 2 aromatic heterocycles. The summed E-state index contributed by atoms with van der Waals surface area (Å²) in [5.41, 5.74) is 2.33. The van der Waals surface area contributed by atoms with Crippen molar-refractivity contribution in [2.45, 2.75) is 32.1 Å². The minimum Gasteiger partial charge on any atom is -0.346 e. The molecule has 1 unspecified atom stereocenters. The van der Waals surface area contributed by atoms with Crippen molar-refractivity contribution in [1.82, 2.24) is 15.2 Å². The highest BCUT2D eigenvalue weighted by Crippen LogP contribution is 2.33. The van der Waals surface area contributed by atoms with Crippen LogP contribution < -0.4 is 4.90 Å². The molecule has 25 heavy (non-hydrogen) atoms. The molecule has 0 radical (unpaired) electrons. The molecule has 0 bridgehead atoms. The Morgan fingerprint density at radius 3 is 2.84 bits per heavy atom. The third-order valence-electron chi connectivity index (χ3n) is 4.40. The molecule has 1 aliphatic heterocycles. The van der Waals surface area contributed by atoms with Gasteiger partial charge in [0.25, 0.3) is 0 Å². The van der Waals surface area contributed by atoms with Gasteiger partial charge in [0.05, 0.1) is 5.01 Å². The summed E-state index contributed by atoms with van der Waals surface area (Å²) in [7, 11) is 0. The molecule has 130 valence electrons. The van der Waals surface area contributed by atoms with Gasteiger partial charge in [-0.05, 0) is 37.5 Å². The molecule has 7 heteroatoms. The van der Waals surface area contributed by atoms with Crippen molar-refractivity contribution in [2.75, 3.05) is 18.0 Å². The maximum absolute atomic E-state index is 5.95. The van der Waals surface area contributed by atoms with Crippen LogP contribution in [0.1, 0.15) is 40.0 Å². The zero-order valence-corrected chi connectivity index (χ0v) is 16.4. The third kappa shape index (κ3) is 4.02. The second-order valence-corrected chi connectivity index (χ2v) is 8.76. The SMILES string of the molecule is Cc1csc(C2CCCN(c3nnc(Cc4ccc(Cl)cc4)s3)C2)n1. The molecule has 1 aromatic carbocycles. The lowest BCUT2D eigenvalue weighted by Crippen LogP contribution is -2.34. The summed E-state index contributed by atoms with van der Waals surface area (Å²) < 4.78 is 0. The molecule has 1 atom stereocenters. The zero-order valence-electron chi connectivity index (χ0n) is 14.0. The van der Waals surface area contributed by atoms with Gasteiger partial charge in [0.2, 0.25) is 5.13 Å². The highest BCUT2D eigenvalue weighted by molar-refractivity contribution is 7.15. The van der Waals surface area contributed by atoms with Crippen LogP contribution in [0.3, 0.4) is 0 Å². The van der Waals surface area contributed by atoms with Gasteiger partial charge in [-0.1, -0.05) is 35.1 Å². The fraction of sp³-hybridized carbons (Fsp3) is 0.389. The largest absolute Gasteiger partial charge is 0.346 e. The van der Waals surface area contributed by atoms with Crippen molar-refractivity contribution in [3.63, 3.8) is 0 Å². The van der Waals surface area contributed by atoms with Gasteiger partial charge in [0, 0.05) is 41.5 Å². The van der Waals surface area contributed by atoms with E-state index in [0.29, 0.717) is 5.92 Å². The van der Waals surface area contributed by atoms with Gasteiger partial charge in [-0.2, -0.15) is 0 Å². The molecule has 0 N–H and O–H groups in total. The zero-order chi connectivity index (χ0) is 17.2. The summed E-state index contributed by atoms with van der Waals surface area (Å²) in [6, 6.07) is 7.93. The van der Waals surface area contributed by atoms with Crippen molar-refractivity contribution < 1.29 is 0 Å². The average molecular weight is 391 g/mol. The first-order valence-electron chi connectivity index (χ1n) is 8.41. The normalized spacial score (nSPS) is 17.8. The predicted octanol–water partition coefficient (Wildman–Crippen LogP) is 4.93. The molecule has 0 spiro atoms. The lowest BCUT2D eigenvalue weighted by molar-refractivity contribution is 0.506. The van der Waals surface area contributed by atoms with E-state index < -0.39 is 0 Å². The lowest BCUT2D eigenvalue weighted by atomic mass is 9.99. The van der Waals surface area contributed by atoms with Crippen LogP contribution in [-0.4, -0.2) is 28.3 Å². The first kappa shape index (κ1) is 16.9. The Bertz CT molecular complexity index is 843. The van der Waals surface area contributed by atoms with Crippen molar-refractivity contribution in [2.24, 2.45) is 0 Å². The summed E-state index contributed by atoms with van der Waals surface area (Å²) in [6.07, 6.45) is 3.19. The highest BCUT2D eigenvalue weighted by Gasteiger charge is 2.25. The van der Waals surface area contributed by atoms with Crippen molar-refractivity contribution in [3.8, 4) is 0 Å². The number of benzene rings is 1. The molecule has 3 aromatic rings. The Hall–Kier alpha value is -1.50. The Morgan fingerprint density at radius 2 is 2.08 bits per heavy atom. The highest BCUT2D eigenvalue weighted by atomic mass is 35.5. The van der Waals surface area contributed by atoms with E-state index in [-0.39, 0.29) is 0 Å². The van der Waals surface area contributed by atoms with Crippen molar-refractivity contribution in [1.29, 1.82) is 0 Å². The number of rotatable bonds is 4. The summed E-state index contributed by atoms with van der Waals surface area (Å²) >= 11 is 9.42. The summed E-state index contributed by atoms with van der Waals surface area (Å²) in [6.45, 7) is 4.10. The Kier molecular flexibility index (Phi) is 5.01. The molecular weight excluding hydrogens is 372 g/mol. The maximum Gasteiger partial charge on any atom is 0.208 e. The van der Waals surface area contributed by atoms with Crippen molar-refractivity contribution in [3.05, 3.63) is 55.9 Å². The molecule has 0 amide bonds. The molecule has 1 fully saturated rings. The van der Waals surface area contributed by atoms with Gasteiger partial charge in [0.15, 0.2) is 0 Å². The van der Waals surface area contributed by atoms with Gasteiger partial charge in [-0.3, -0.25) is 0 Å². The Balaban J connectivity index is 1.45. The van der Waals surface area contributed by atoms with Crippen molar-refractivity contribution >= 4 is 39.4 Å². The van der Waals surface area contributed by atoms with Crippen LogP contribution in [0, 0.1) is 6.92 Å². The van der Waals surface area contributed by atoms with Crippen LogP contribution in [0.2, 0.25) is 5.02 Å². The molecular formula is C18H19ClN4S2. The molecule has 3 heterocycles. The predicted molar refractivity (Wildman–Crippen MR) is 105 cm³/mol. The fourth-order valence-corrected chi connectivity index (χ4v) is 5.09. The summed E-state index contributed by atoms with van der Waals surface area (Å²) in [5.74, 6) is 0.510. The van der Waals surface area contributed by atoms with Crippen LogP contribution in [0.4, 0.5) is 5.13 Å². The minimum absolute atomic E-state index is 0.510.